The smallest absolute Gasteiger partial charge is 0.235 e. The summed E-state index contributed by atoms with van der Waals surface area (Å²) in [4.78, 5) is 10.5. The molecule has 0 saturated carbocycles. The van der Waals surface area contributed by atoms with Crippen LogP contribution in [0.2, 0.25) is 0 Å². The van der Waals surface area contributed by atoms with Crippen LogP contribution in [-0.4, -0.2) is 11.3 Å². The summed E-state index contributed by atoms with van der Waals surface area (Å²) in [5, 5.41) is -0.466. The average molecular weight is 192 g/mol. The summed E-state index contributed by atoms with van der Waals surface area (Å²) >= 11 is 5.65. The maximum absolute atomic E-state index is 10.5. The topological polar surface area (TPSA) is 43.1 Å². The van der Waals surface area contributed by atoms with Gasteiger partial charge in [0.15, 0.2) is 0 Å². The van der Waals surface area contributed by atoms with Crippen molar-refractivity contribution in [2.75, 3.05) is 0 Å². The number of carbonyl (C=O) groups excluding carboxylic acids is 1. The van der Waals surface area contributed by atoms with Gasteiger partial charge < -0.3 is 5.73 Å². The van der Waals surface area contributed by atoms with Crippen molar-refractivity contribution in [2.24, 2.45) is 5.73 Å². The molecule has 3 heteroatoms. The van der Waals surface area contributed by atoms with Crippen LogP contribution in [0.15, 0.2) is 0 Å². The molecule has 0 aromatic heterocycles. The number of rotatable bonds is 7. The van der Waals surface area contributed by atoms with Crippen molar-refractivity contribution < 1.29 is 4.79 Å². The molecule has 0 aliphatic rings. The first-order valence-corrected chi connectivity index (χ1v) is 5.05. The van der Waals surface area contributed by atoms with Crippen molar-refractivity contribution in [3.8, 4) is 0 Å². The number of carbonyl (C=O) groups is 1. The lowest BCUT2D eigenvalue weighted by Gasteiger charge is -2.03. The van der Waals surface area contributed by atoms with E-state index >= 15 is 0 Å². The Morgan fingerprint density at radius 3 is 2.42 bits per heavy atom. The van der Waals surface area contributed by atoms with Gasteiger partial charge in [0, 0.05) is 0 Å². The zero-order chi connectivity index (χ0) is 9.40. The lowest BCUT2D eigenvalue weighted by atomic mass is 10.1. The van der Waals surface area contributed by atoms with Gasteiger partial charge in [0.2, 0.25) is 5.91 Å². The van der Waals surface area contributed by atoms with E-state index < -0.39 is 11.3 Å². The molecule has 0 bridgehead atoms. The Bertz CT molecular complexity index is 128. The van der Waals surface area contributed by atoms with Gasteiger partial charge in [-0.3, -0.25) is 4.79 Å². The normalized spacial score (nSPS) is 12.8. The molecule has 1 unspecified atom stereocenters. The van der Waals surface area contributed by atoms with E-state index in [9.17, 15) is 4.79 Å². The van der Waals surface area contributed by atoms with Crippen LogP contribution in [0.25, 0.3) is 0 Å². The minimum atomic E-state index is -0.466. The Hall–Kier alpha value is -0.240. The Morgan fingerprint density at radius 2 is 1.92 bits per heavy atom. The van der Waals surface area contributed by atoms with Crippen LogP contribution in [0.1, 0.15) is 45.4 Å². The third-order valence-electron chi connectivity index (χ3n) is 1.87. The first-order chi connectivity index (χ1) is 5.68. The molecule has 0 aliphatic heterocycles. The number of halogens is 1. The average Bonchev–Trinajstić information content (AvgIpc) is 2.03. The van der Waals surface area contributed by atoms with E-state index in [2.05, 4.69) is 6.92 Å². The summed E-state index contributed by atoms with van der Waals surface area (Å²) in [6, 6.07) is 0. The molecule has 0 aromatic rings. The molecule has 0 radical (unpaired) electrons. The minimum absolute atomic E-state index is 0.396. The summed E-state index contributed by atoms with van der Waals surface area (Å²) in [6.07, 6.45) is 6.63. The van der Waals surface area contributed by atoms with E-state index in [4.69, 9.17) is 17.3 Å². The molecule has 2 N–H and O–H groups in total. The summed E-state index contributed by atoms with van der Waals surface area (Å²) in [5.41, 5.74) is 5.01. The number of hydrogen-bond acceptors (Lipinski definition) is 1. The fourth-order valence-corrected chi connectivity index (χ4v) is 1.22. The van der Waals surface area contributed by atoms with Crippen LogP contribution in [0.5, 0.6) is 0 Å². The largest absolute Gasteiger partial charge is 0.368 e. The number of hydrogen-bond donors (Lipinski definition) is 1. The number of alkyl halides is 1. The lowest BCUT2D eigenvalue weighted by Crippen LogP contribution is -2.23. The van der Waals surface area contributed by atoms with Crippen LogP contribution in [-0.2, 0) is 4.79 Å². The molecular weight excluding hydrogens is 174 g/mol. The zero-order valence-electron chi connectivity index (χ0n) is 7.68. The highest BCUT2D eigenvalue weighted by Gasteiger charge is 2.09. The lowest BCUT2D eigenvalue weighted by molar-refractivity contribution is -0.117. The molecule has 72 valence electrons. The standard InChI is InChI=1S/C9H18ClNO/c1-2-3-4-5-6-7-8(10)9(11)12/h8H,2-7H2,1H3,(H2,11,12). The SMILES string of the molecule is CCCCCCCC(Cl)C(N)=O. The van der Waals surface area contributed by atoms with Gasteiger partial charge in [-0.2, -0.15) is 0 Å². The number of amides is 1. The molecular formula is C9H18ClNO. The van der Waals surface area contributed by atoms with Crippen LogP contribution in [0.3, 0.4) is 0 Å². The molecule has 0 rings (SSSR count). The second-order valence-corrected chi connectivity index (χ2v) is 3.60. The van der Waals surface area contributed by atoms with Crippen LogP contribution in [0, 0.1) is 0 Å². The second-order valence-electron chi connectivity index (χ2n) is 3.07. The summed E-state index contributed by atoms with van der Waals surface area (Å²) in [5.74, 6) is -0.396. The molecule has 1 amide bonds. The second kappa shape index (κ2) is 7.41. The minimum Gasteiger partial charge on any atom is -0.368 e. The van der Waals surface area contributed by atoms with Gasteiger partial charge in [-0.25, -0.2) is 0 Å². The summed E-state index contributed by atoms with van der Waals surface area (Å²) < 4.78 is 0. The fourth-order valence-electron chi connectivity index (χ4n) is 1.07. The number of primary amides is 1. The van der Waals surface area contributed by atoms with Crippen LogP contribution < -0.4 is 5.73 Å². The molecule has 0 aromatic carbocycles. The van der Waals surface area contributed by atoms with Crippen molar-refractivity contribution in [3.63, 3.8) is 0 Å². The fraction of sp³-hybridized carbons (Fsp3) is 0.889. The summed E-state index contributed by atoms with van der Waals surface area (Å²) in [7, 11) is 0. The van der Waals surface area contributed by atoms with E-state index in [1.807, 2.05) is 0 Å². The van der Waals surface area contributed by atoms with Crippen molar-refractivity contribution in [2.45, 2.75) is 50.8 Å². The van der Waals surface area contributed by atoms with Gasteiger partial charge in [0.1, 0.15) is 5.38 Å². The first-order valence-electron chi connectivity index (χ1n) is 4.62. The third-order valence-corrected chi connectivity index (χ3v) is 2.30. The molecule has 0 fully saturated rings. The Balaban J connectivity index is 3.14. The van der Waals surface area contributed by atoms with E-state index in [1.165, 1.54) is 19.3 Å². The first kappa shape index (κ1) is 11.8. The van der Waals surface area contributed by atoms with Gasteiger partial charge in [-0.15, -0.1) is 11.6 Å². The van der Waals surface area contributed by atoms with Gasteiger partial charge >= 0.3 is 0 Å². The van der Waals surface area contributed by atoms with Crippen molar-refractivity contribution >= 4 is 17.5 Å². The predicted octanol–water partition coefficient (Wildman–Crippen LogP) is 2.44. The zero-order valence-corrected chi connectivity index (χ0v) is 8.44. The molecule has 0 aliphatic carbocycles. The highest BCUT2D eigenvalue weighted by Crippen LogP contribution is 2.10. The van der Waals surface area contributed by atoms with Gasteiger partial charge in [-0.1, -0.05) is 39.0 Å². The van der Waals surface area contributed by atoms with E-state index in [1.54, 1.807) is 0 Å². The molecule has 0 spiro atoms. The molecule has 12 heavy (non-hydrogen) atoms. The van der Waals surface area contributed by atoms with Gasteiger partial charge in [0.05, 0.1) is 0 Å². The Labute approximate surface area is 79.5 Å². The van der Waals surface area contributed by atoms with Gasteiger partial charge in [0.25, 0.3) is 0 Å². The third kappa shape index (κ3) is 6.47. The van der Waals surface area contributed by atoms with Gasteiger partial charge in [-0.05, 0) is 6.42 Å². The van der Waals surface area contributed by atoms with E-state index in [0.29, 0.717) is 0 Å². The predicted molar refractivity (Wildman–Crippen MR) is 52.2 cm³/mol. The van der Waals surface area contributed by atoms with Crippen LogP contribution in [0.4, 0.5) is 0 Å². The molecule has 0 heterocycles. The molecule has 2 nitrogen and oxygen atoms in total. The van der Waals surface area contributed by atoms with Crippen molar-refractivity contribution in [3.05, 3.63) is 0 Å². The quantitative estimate of drug-likeness (QED) is 0.488. The number of nitrogens with two attached hydrogens (primary N) is 1. The van der Waals surface area contributed by atoms with Crippen molar-refractivity contribution in [1.82, 2.24) is 0 Å². The molecule has 0 saturated heterocycles. The Morgan fingerprint density at radius 1 is 1.33 bits per heavy atom. The highest BCUT2D eigenvalue weighted by molar-refractivity contribution is 6.30. The summed E-state index contributed by atoms with van der Waals surface area (Å²) in [6.45, 7) is 2.17. The maximum Gasteiger partial charge on any atom is 0.235 e. The highest BCUT2D eigenvalue weighted by atomic mass is 35.5. The number of unbranched alkanes of at least 4 members (excludes halogenated alkanes) is 4. The van der Waals surface area contributed by atoms with Crippen LogP contribution >= 0.6 is 11.6 Å². The Kier molecular flexibility index (Phi) is 7.26. The van der Waals surface area contributed by atoms with E-state index in [0.717, 1.165) is 19.3 Å². The molecule has 1 atom stereocenters. The van der Waals surface area contributed by atoms with E-state index in [-0.39, 0.29) is 0 Å². The monoisotopic (exact) mass is 191 g/mol. The van der Waals surface area contributed by atoms with Crippen molar-refractivity contribution in [1.29, 1.82) is 0 Å². The maximum atomic E-state index is 10.5.